The van der Waals surface area contributed by atoms with Crippen molar-refractivity contribution < 1.29 is 9.32 Å². The number of fused-ring (bicyclic) bond motifs is 3. The maximum Gasteiger partial charge on any atom is 0.209 e. The lowest BCUT2D eigenvalue weighted by molar-refractivity contribution is 0.104. The predicted molar refractivity (Wildman–Crippen MR) is 96.8 cm³/mol. The Labute approximate surface area is 148 Å². The Hall–Kier alpha value is -2.41. The fourth-order valence-corrected chi connectivity index (χ4v) is 5.24. The summed E-state index contributed by atoms with van der Waals surface area (Å²) in [5.41, 5.74) is 7.10. The Bertz CT molecular complexity index is 963. The predicted octanol–water partition coefficient (Wildman–Crippen LogP) is 3.70. The molecule has 0 radical (unpaired) electrons. The zero-order valence-electron chi connectivity index (χ0n) is 13.6. The first-order valence-electron chi connectivity index (χ1n) is 8.59. The van der Waals surface area contributed by atoms with Gasteiger partial charge in [0.15, 0.2) is 5.13 Å². The molecule has 3 N–H and O–H groups in total. The van der Waals surface area contributed by atoms with Gasteiger partial charge >= 0.3 is 0 Å². The van der Waals surface area contributed by atoms with Crippen LogP contribution in [0.25, 0.3) is 10.9 Å². The Balaban J connectivity index is 1.43. The van der Waals surface area contributed by atoms with Crippen LogP contribution in [0.3, 0.4) is 0 Å². The van der Waals surface area contributed by atoms with Crippen molar-refractivity contribution >= 4 is 39.0 Å². The number of hydrogen-bond donors (Lipinski definition) is 2. The Kier molecular flexibility index (Phi) is 3.31. The number of nitrogen functional groups attached to an aromatic ring is 1. The number of ketones is 1. The van der Waals surface area contributed by atoms with Crippen LogP contribution in [0.15, 0.2) is 29.0 Å². The third-order valence-electron chi connectivity index (χ3n) is 5.54. The number of rotatable bonds is 4. The summed E-state index contributed by atoms with van der Waals surface area (Å²) in [6.45, 7) is 0. The van der Waals surface area contributed by atoms with Gasteiger partial charge in [0, 0.05) is 11.4 Å². The minimum Gasteiger partial charge on any atom is -0.382 e. The molecule has 3 atom stereocenters. The molecule has 0 spiro atoms. The zero-order valence-corrected chi connectivity index (χ0v) is 14.4. The smallest absolute Gasteiger partial charge is 0.209 e. The number of hydrogen-bond acceptors (Lipinski definition) is 7. The van der Waals surface area contributed by atoms with Gasteiger partial charge in [0.1, 0.15) is 22.5 Å². The van der Waals surface area contributed by atoms with E-state index < -0.39 is 0 Å². The Morgan fingerprint density at radius 2 is 2.24 bits per heavy atom. The molecule has 2 aliphatic rings. The lowest BCUT2D eigenvalue weighted by Gasteiger charge is -2.22. The molecular weight excluding hydrogens is 336 g/mol. The lowest BCUT2D eigenvalue weighted by atomic mass is 9.96. The minimum atomic E-state index is -0.157. The van der Waals surface area contributed by atoms with Crippen LogP contribution < -0.4 is 11.1 Å². The van der Waals surface area contributed by atoms with Crippen molar-refractivity contribution in [1.29, 1.82) is 0 Å². The molecule has 2 heterocycles. The normalized spacial score (nSPS) is 24.9. The number of nitrogens with zero attached hydrogens (tertiary/aromatic N) is 2. The van der Waals surface area contributed by atoms with Crippen LogP contribution in [0.2, 0.25) is 0 Å². The molecule has 2 fully saturated rings. The van der Waals surface area contributed by atoms with Gasteiger partial charge in [-0.15, -0.1) is 0 Å². The Morgan fingerprint density at radius 3 is 3.04 bits per heavy atom. The molecule has 6 nitrogen and oxygen atoms in total. The van der Waals surface area contributed by atoms with Gasteiger partial charge in [0.05, 0.1) is 5.56 Å². The largest absolute Gasteiger partial charge is 0.382 e. The summed E-state index contributed by atoms with van der Waals surface area (Å²) in [6, 6.07) is 5.89. The fourth-order valence-electron chi connectivity index (χ4n) is 4.34. The van der Waals surface area contributed by atoms with Crippen molar-refractivity contribution in [1.82, 2.24) is 10.1 Å². The van der Waals surface area contributed by atoms with E-state index in [1.165, 1.54) is 43.3 Å². The summed E-state index contributed by atoms with van der Waals surface area (Å²) in [5.74, 6) is 1.71. The van der Waals surface area contributed by atoms with Gasteiger partial charge in [0.2, 0.25) is 5.78 Å². The highest BCUT2D eigenvalue weighted by molar-refractivity contribution is 7.18. The molecule has 2 aromatic heterocycles. The van der Waals surface area contributed by atoms with Gasteiger partial charge in [-0.2, -0.15) is 0 Å². The van der Waals surface area contributed by atoms with E-state index in [9.17, 15) is 4.79 Å². The summed E-state index contributed by atoms with van der Waals surface area (Å²) in [4.78, 5) is 17.8. The molecule has 7 heteroatoms. The molecule has 2 bridgehead atoms. The molecule has 2 unspecified atom stereocenters. The van der Waals surface area contributed by atoms with Gasteiger partial charge < -0.3 is 15.6 Å². The summed E-state index contributed by atoms with van der Waals surface area (Å²) in [6.07, 6.45) is 6.70. The Morgan fingerprint density at radius 1 is 1.32 bits per heavy atom. The number of anilines is 2. The molecule has 0 amide bonds. The van der Waals surface area contributed by atoms with E-state index in [0.29, 0.717) is 22.0 Å². The summed E-state index contributed by atoms with van der Waals surface area (Å²) < 4.78 is 4.99. The van der Waals surface area contributed by atoms with E-state index in [4.69, 9.17) is 10.3 Å². The minimum absolute atomic E-state index is 0.157. The summed E-state index contributed by atoms with van der Waals surface area (Å²) in [5, 5.41) is 9.00. The molecule has 2 saturated carbocycles. The van der Waals surface area contributed by atoms with E-state index in [0.717, 1.165) is 22.4 Å². The molecule has 0 saturated heterocycles. The van der Waals surface area contributed by atoms with E-state index in [2.05, 4.69) is 15.5 Å². The highest BCUT2D eigenvalue weighted by Crippen LogP contribution is 2.46. The molecule has 2 aliphatic carbocycles. The fraction of sp³-hybridized carbons (Fsp3) is 0.389. The van der Waals surface area contributed by atoms with Crippen LogP contribution in [-0.4, -0.2) is 22.0 Å². The van der Waals surface area contributed by atoms with Crippen LogP contribution in [0, 0.1) is 11.8 Å². The van der Waals surface area contributed by atoms with Crippen LogP contribution in [0.4, 0.5) is 10.9 Å². The summed E-state index contributed by atoms with van der Waals surface area (Å²) in [7, 11) is 0. The highest BCUT2D eigenvalue weighted by Gasteiger charge is 2.39. The quantitative estimate of drug-likeness (QED) is 0.694. The number of thiazole rings is 1. The van der Waals surface area contributed by atoms with Crippen LogP contribution in [0.1, 0.15) is 40.9 Å². The first kappa shape index (κ1) is 14.9. The average molecular weight is 354 g/mol. The third-order valence-corrected chi connectivity index (χ3v) is 6.54. The standard InChI is InChI=1S/C18H18N4O2S/c19-17-16(15(23)12-3-1-2-11-8-24-22-14(11)12)25-18(21-17)20-13-7-9-4-5-10(13)6-9/h1-3,8-10,13H,4-7,19H2,(H,20,21)/t9?,10?,13-/m0/s1. The molecule has 3 aromatic rings. The molecule has 1 aromatic carbocycles. The molecule has 25 heavy (non-hydrogen) atoms. The van der Waals surface area contributed by atoms with E-state index in [-0.39, 0.29) is 11.6 Å². The van der Waals surface area contributed by atoms with Crippen molar-refractivity contribution in [3.05, 3.63) is 34.9 Å². The summed E-state index contributed by atoms with van der Waals surface area (Å²) >= 11 is 1.33. The van der Waals surface area contributed by atoms with Crippen LogP contribution in [0.5, 0.6) is 0 Å². The zero-order chi connectivity index (χ0) is 17.0. The van der Waals surface area contributed by atoms with Gasteiger partial charge in [0.25, 0.3) is 0 Å². The van der Waals surface area contributed by atoms with Crippen LogP contribution >= 0.6 is 11.3 Å². The van der Waals surface area contributed by atoms with Gasteiger partial charge in [-0.05, 0) is 43.2 Å². The second kappa shape index (κ2) is 5.56. The first-order valence-corrected chi connectivity index (χ1v) is 9.41. The van der Waals surface area contributed by atoms with Crippen molar-refractivity contribution in [2.24, 2.45) is 11.8 Å². The monoisotopic (exact) mass is 354 g/mol. The molecular formula is C18H18N4O2S. The average Bonchev–Trinajstić information content (AvgIpc) is 3.37. The number of carbonyl (C=O) groups is 1. The first-order chi connectivity index (χ1) is 12.2. The number of nitrogens with two attached hydrogens (primary N) is 1. The second-order valence-corrected chi connectivity index (χ2v) is 8.05. The van der Waals surface area contributed by atoms with Crippen molar-refractivity contribution in [2.75, 3.05) is 11.1 Å². The maximum absolute atomic E-state index is 12.9. The number of carbonyl (C=O) groups excluding carboxylic acids is 1. The SMILES string of the molecule is Nc1nc(N[C@H]2CC3CCC2C3)sc1C(=O)c1cccc2conc12. The van der Waals surface area contributed by atoms with Crippen molar-refractivity contribution in [3.63, 3.8) is 0 Å². The van der Waals surface area contributed by atoms with Gasteiger partial charge in [-0.1, -0.05) is 29.0 Å². The van der Waals surface area contributed by atoms with Gasteiger partial charge in [-0.3, -0.25) is 4.79 Å². The maximum atomic E-state index is 12.9. The molecule has 128 valence electrons. The number of nitrogens with one attached hydrogen (secondary N) is 1. The lowest BCUT2D eigenvalue weighted by Crippen LogP contribution is -2.25. The molecule has 5 rings (SSSR count). The van der Waals surface area contributed by atoms with Gasteiger partial charge in [-0.25, -0.2) is 4.98 Å². The van der Waals surface area contributed by atoms with E-state index >= 15 is 0 Å². The third kappa shape index (κ3) is 2.41. The van der Waals surface area contributed by atoms with Crippen molar-refractivity contribution in [2.45, 2.75) is 31.7 Å². The van der Waals surface area contributed by atoms with Crippen LogP contribution in [-0.2, 0) is 0 Å². The number of benzene rings is 1. The molecule has 0 aliphatic heterocycles. The topological polar surface area (TPSA) is 94.0 Å². The van der Waals surface area contributed by atoms with E-state index in [1.54, 1.807) is 6.07 Å². The number of aromatic nitrogens is 2. The second-order valence-electron chi connectivity index (χ2n) is 7.05. The highest BCUT2D eigenvalue weighted by atomic mass is 32.1. The van der Waals surface area contributed by atoms with Crippen molar-refractivity contribution in [3.8, 4) is 0 Å². The van der Waals surface area contributed by atoms with E-state index in [1.807, 2.05) is 12.1 Å².